The van der Waals surface area contributed by atoms with E-state index < -0.39 is 23.8 Å². The molecule has 49 heavy (non-hydrogen) atoms. The Bertz CT molecular complexity index is 1980. The fourth-order valence-corrected chi connectivity index (χ4v) is 8.16. The number of fused-ring (bicyclic) bond motifs is 1. The zero-order chi connectivity index (χ0) is 34.2. The third-order valence-electron chi connectivity index (χ3n) is 8.48. The van der Waals surface area contributed by atoms with Crippen molar-refractivity contribution < 1.29 is 28.6 Å². The quantitative estimate of drug-likeness (QED) is 0.215. The third-order valence-corrected chi connectivity index (χ3v) is 10.8. The molecule has 7 rings (SSSR count). The van der Waals surface area contributed by atoms with Gasteiger partial charge in [-0.05, 0) is 36.8 Å². The number of aromatic carboxylic acids is 1. The van der Waals surface area contributed by atoms with Crippen LogP contribution in [-0.4, -0.2) is 94.1 Å². The van der Waals surface area contributed by atoms with Crippen LogP contribution in [0.5, 0.6) is 0 Å². The number of carboxylic acid groups (broad SMARTS) is 1. The van der Waals surface area contributed by atoms with Crippen LogP contribution < -0.4 is 10.2 Å². The summed E-state index contributed by atoms with van der Waals surface area (Å²) in [7, 11) is 0. The average Bonchev–Trinajstić information content (AvgIpc) is 3.86. The molecule has 0 bridgehead atoms. The fraction of sp³-hybridized carbons (Fsp3) is 0.273. The SMILES string of the molecule is CCOC(=O)C1=C(CN2CCN3C(=O)N(c4nc(-c5ccc(C(=O)O)cc5)cs4)C[C@@H]3C2)NC(c2nccs2)=N[C@H]1c1ccc(F)cc1Br. The van der Waals surface area contributed by atoms with E-state index in [0.717, 1.165) is 5.56 Å². The first-order valence-electron chi connectivity index (χ1n) is 15.4. The van der Waals surface area contributed by atoms with Crippen LogP contribution in [0.1, 0.15) is 33.9 Å². The predicted molar refractivity (Wildman–Crippen MR) is 186 cm³/mol. The number of nitrogens with one attached hydrogen (secondary N) is 1. The molecule has 16 heteroatoms. The minimum Gasteiger partial charge on any atom is -0.478 e. The molecule has 4 aromatic rings. The highest BCUT2D eigenvalue weighted by atomic mass is 79.9. The Morgan fingerprint density at radius 2 is 1.96 bits per heavy atom. The van der Waals surface area contributed by atoms with Crippen molar-refractivity contribution in [1.29, 1.82) is 0 Å². The van der Waals surface area contributed by atoms with Crippen LogP contribution in [0.25, 0.3) is 11.3 Å². The number of ether oxygens (including phenoxy) is 1. The molecule has 0 unspecified atom stereocenters. The van der Waals surface area contributed by atoms with Crippen LogP contribution in [0, 0.1) is 5.82 Å². The van der Waals surface area contributed by atoms with Gasteiger partial charge in [0.15, 0.2) is 16.0 Å². The minimum atomic E-state index is -1.000. The maximum atomic E-state index is 14.1. The zero-order valence-corrected chi connectivity index (χ0v) is 29.2. The molecule has 0 aliphatic carbocycles. The van der Waals surface area contributed by atoms with Crippen molar-refractivity contribution in [3.05, 3.63) is 97.1 Å². The fourth-order valence-electron chi connectivity index (χ4n) is 6.17. The number of hydrogen-bond donors (Lipinski definition) is 2. The summed E-state index contributed by atoms with van der Waals surface area (Å²) in [6.07, 6.45) is 1.68. The van der Waals surface area contributed by atoms with Crippen LogP contribution >= 0.6 is 38.6 Å². The molecule has 12 nitrogen and oxygen atoms in total. The number of carbonyl (C=O) groups excluding carboxylic acids is 2. The largest absolute Gasteiger partial charge is 0.478 e. The number of amidine groups is 1. The molecule has 0 saturated carbocycles. The number of piperazine rings is 1. The van der Waals surface area contributed by atoms with Gasteiger partial charge in [-0.25, -0.2) is 28.7 Å². The minimum absolute atomic E-state index is 0.117. The number of esters is 1. The van der Waals surface area contributed by atoms with Crippen molar-refractivity contribution in [2.75, 3.05) is 44.2 Å². The van der Waals surface area contributed by atoms with Gasteiger partial charge in [-0.15, -0.1) is 22.7 Å². The first kappa shape index (κ1) is 33.0. The lowest BCUT2D eigenvalue weighted by atomic mass is 9.95. The number of nitrogens with zero attached hydrogens (tertiary/aromatic N) is 6. The second-order valence-corrected chi connectivity index (χ2v) is 14.1. The van der Waals surface area contributed by atoms with E-state index in [4.69, 9.17) is 14.7 Å². The molecule has 2 fully saturated rings. The summed E-state index contributed by atoms with van der Waals surface area (Å²) >= 11 is 6.24. The highest BCUT2D eigenvalue weighted by Gasteiger charge is 2.43. The van der Waals surface area contributed by atoms with Gasteiger partial charge >= 0.3 is 18.0 Å². The molecule has 2 saturated heterocycles. The number of rotatable bonds is 9. The molecular formula is C33H29BrFN7O5S2. The maximum absolute atomic E-state index is 14.1. The zero-order valence-electron chi connectivity index (χ0n) is 26.0. The van der Waals surface area contributed by atoms with Crippen molar-refractivity contribution >= 4 is 67.5 Å². The molecule has 2 amide bonds. The Hall–Kier alpha value is -4.51. The predicted octanol–water partition coefficient (Wildman–Crippen LogP) is 5.40. The molecule has 3 aliphatic heterocycles. The first-order chi connectivity index (χ1) is 23.7. The number of amides is 2. The lowest BCUT2D eigenvalue weighted by molar-refractivity contribution is -0.139. The van der Waals surface area contributed by atoms with Gasteiger partial charge in [0.2, 0.25) is 0 Å². The monoisotopic (exact) mass is 765 g/mol. The Balaban J connectivity index is 1.14. The van der Waals surface area contributed by atoms with Crippen LogP contribution in [0.3, 0.4) is 0 Å². The van der Waals surface area contributed by atoms with Crippen LogP contribution in [0.2, 0.25) is 0 Å². The Kier molecular flexibility index (Phi) is 9.28. The topological polar surface area (TPSA) is 141 Å². The Labute approximate surface area is 296 Å². The molecule has 2 atom stereocenters. The number of carbonyl (C=O) groups is 3. The number of halogens is 2. The highest BCUT2D eigenvalue weighted by molar-refractivity contribution is 9.10. The number of aromatic nitrogens is 2. The van der Waals surface area contributed by atoms with Gasteiger partial charge in [-0.3, -0.25) is 14.8 Å². The van der Waals surface area contributed by atoms with Crippen LogP contribution in [0.15, 0.2) is 80.2 Å². The molecular weight excluding hydrogens is 737 g/mol. The summed E-state index contributed by atoms with van der Waals surface area (Å²) in [6.45, 7) is 4.29. The molecule has 0 radical (unpaired) electrons. The van der Waals surface area contributed by atoms with E-state index in [9.17, 15) is 23.9 Å². The number of aliphatic imine (C=N–C) groups is 1. The smallest absolute Gasteiger partial charge is 0.338 e. The van der Waals surface area contributed by atoms with E-state index in [-0.39, 0.29) is 24.2 Å². The molecule has 2 aromatic heterocycles. The summed E-state index contributed by atoms with van der Waals surface area (Å²) in [5.74, 6) is -1.44. The first-order valence-corrected chi connectivity index (χ1v) is 17.9. The van der Waals surface area contributed by atoms with Crippen LogP contribution in [-0.2, 0) is 9.53 Å². The van der Waals surface area contributed by atoms with Gasteiger partial charge < -0.3 is 20.1 Å². The molecule has 0 spiro atoms. The average molecular weight is 767 g/mol. The van der Waals surface area contributed by atoms with Gasteiger partial charge in [0.05, 0.1) is 36.0 Å². The van der Waals surface area contributed by atoms with Gasteiger partial charge in [0, 0.05) is 58.9 Å². The van der Waals surface area contributed by atoms with Crippen molar-refractivity contribution in [1.82, 2.24) is 25.1 Å². The van der Waals surface area contributed by atoms with Crippen LogP contribution in [0.4, 0.5) is 14.3 Å². The van der Waals surface area contributed by atoms with E-state index >= 15 is 0 Å². The van der Waals surface area contributed by atoms with Crippen molar-refractivity contribution in [3.8, 4) is 11.3 Å². The number of hydrogen-bond acceptors (Lipinski definition) is 11. The number of benzene rings is 2. The van der Waals surface area contributed by atoms with E-state index in [1.165, 1.54) is 46.9 Å². The normalized spacial score (nSPS) is 19.5. The van der Waals surface area contributed by atoms with E-state index in [1.54, 1.807) is 36.2 Å². The Morgan fingerprint density at radius 3 is 2.67 bits per heavy atom. The molecule has 5 heterocycles. The lowest BCUT2D eigenvalue weighted by Gasteiger charge is -2.38. The Morgan fingerprint density at radius 1 is 1.14 bits per heavy atom. The molecule has 2 aromatic carbocycles. The van der Waals surface area contributed by atoms with E-state index in [1.807, 2.05) is 15.7 Å². The van der Waals surface area contributed by atoms with Gasteiger partial charge in [0.1, 0.15) is 11.9 Å². The molecule has 252 valence electrons. The second kappa shape index (κ2) is 13.8. The maximum Gasteiger partial charge on any atom is 0.338 e. The van der Waals surface area contributed by atoms with Gasteiger partial charge in [0.25, 0.3) is 0 Å². The third kappa shape index (κ3) is 6.60. The van der Waals surface area contributed by atoms with Gasteiger partial charge in [-0.2, -0.15) is 0 Å². The van der Waals surface area contributed by atoms with Gasteiger partial charge in [-0.1, -0.05) is 34.1 Å². The summed E-state index contributed by atoms with van der Waals surface area (Å²) in [4.78, 5) is 58.1. The van der Waals surface area contributed by atoms with E-state index in [0.29, 0.717) is 75.7 Å². The number of anilines is 1. The summed E-state index contributed by atoms with van der Waals surface area (Å²) < 4.78 is 20.1. The number of thiazole rings is 2. The second-order valence-electron chi connectivity index (χ2n) is 11.5. The van der Waals surface area contributed by atoms with Crippen molar-refractivity contribution in [2.24, 2.45) is 4.99 Å². The number of urea groups is 1. The molecule has 2 N–H and O–H groups in total. The molecule has 3 aliphatic rings. The van der Waals surface area contributed by atoms with Crippen molar-refractivity contribution in [2.45, 2.75) is 19.0 Å². The standard InChI is InChI=1S/C33H29BrFN7O5S2/c1-2-47-31(45)26-24(37-28(29-36-9-12-48-29)39-27(26)22-8-7-20(35)13-23(22)34)16-40-10-11-41-21(14-40)15-42(33(41)46)32-38-25(17-49-32)18-3-5-19(6-4-18)30(43)44/h3-9,12-13,17,21,27H,2,10-11,14-16H2,1H3,(H,37,39)(H,43,44)/t21-,27-/m0/s1. The summed E-state index contributed by atoms with van der Waals surface area (Å²) in [5, 5.41) is 17.5. The highest BCUT2D eigenvalue weighted by Crippen LogP contribution is 2.38. The summed E-state index contributed by atoms with van der Waals surface area (Å²) in [5.41, 5.74) is 3.16. The number of carboxylic acids is 1. The summed E-state index contributed by atoms with van der Waals surface area (Å²) in [6, 6.07) is 9.75. The lowest BCUT2D eigenvalue weighted by Crippen LogP contribution is -2.53. The van der Waals surface area contributed by atoms with E-state index in [2.05, 4.69) is 31.1 Å². The van der Waals surface area contributed by atoms with Crippen molar-refractivity contribution in [3.63, 3.8) is 0 Å².